The zero-order valence-electron chi connectivity index (χ0n) is 11.9. The van der Waals surface area contributed by atoms with Crippen molar-refractivity contribution in [1.29, 1.82) is 0 Å². The normalized spacial score (nSPS) is 10.7. The summed E-state index contributed by atoms with van der Waals surface area (Å²) in [4.78, 5) is 25.1. The van der Waals surface area contributed by atoms with Crippen LogP contribution in [0.4, 0.5) is 5.69 Å². The lowest BCUT2D eigenvalue weighted by atomic mass is 10.3. The van der Waals surface area contributed by atoms with E-state index in [1.54, 1.807) is 4.90 Å². The molecule has 0 aliphatic heterocycles. The number of amides is 1. The molecule has 0 aliphatic carbocycles. The molecule has 0 bridgehead atoms. The molecule has 0 aromatic heterocycles. The molecule has 0 radical (unpaired) electrons. The van der Waals surface area contributed by atoms with E-state index in [9.17, 15) is 9.59 Å². The van der Waals surface area contributed by atoms with Gasteiger partial charge in [-0.2, -0.15) is 0 Å². The first-order chi connectivity index (χ1) is 9.43. The summed E-state index contributed by atoms with van der Waals surface area (Å²) in [5, 5.41) is 2.85. The zero-order chi connectivity index (χ0) is 15.1. The molecule has 0 fully saturated rings. The van der Waals surface area contributed by atoms with E-state index in [2.05, 4.69) is 32.6 Å². The highest BCUT2D eigenvalue weighted by molar-refractivity contribution is 14.1. The number of nitrogens with one attached hydrogen (secondary N) is 1. The van der Waals surface area contributed by atoms with Crippen molar-refractivity contribution >= 4 is 40.2 Å². The Hall–Kier alpha value is -1.15. The van der Waals surface area contributed by atoms with Crippen LogP contribution in [0.15, 0.2) is 24.3 Å². The molecule has 20 heavy (non-hydrogen) atoms. The minimum Gasteiger partial charge on any atom is -0.468 e. The van der Waals surface area contributed by atoms with Gasteiger partial charge in [0.15, 0.2) is 0 Å². The summed E-state index contributed by atoms with van der Waals surface area (Å²) in [6.07, 6.45) is 0. The predicted octanol–water partition coefficient (Wildman–Crippen LogP) is 2.11. The fourth-order valence-corrected chi connectivity index (χ4v) is 2.11. The number of ether oxygens (including phenoxy) is 1. The lowest BCUT2D eigenvalue weighted by molar-refractivity contribution is -0.142. The smallest absolute Gasteiger partial charge is 0.319 e. The molecule has 1 rings (SSSR count). The van der Waals surface area contributed by atoms with Gasteiger partial charge in [-0.15, -0.1) is 0 Å². The third-order valence-corrected chi connectivity index (χ3v) is 3.73. The van der Waals surface area contributed by atoms with Gasteiger partial charge in [-0.1, -0.05) is 12.1 Å². The second-order valence-corrected chi connectivity index (χ2v) is 5.77. The van der Waals surface area contributed by atoms with Crippen LogP contribution in [0.1, 0.15) is 13.8 Å². The number of benzene rings is 1. The number of para-hydroxylation sites is 1. The number of hydrogen-bond donors (Lipinski definition) is 1. The van der Waals surface area contributed by atoms with Gasteiger partial charge in [0.25, 0.3) is 0 Å². The maximum atomic E-state index is 12.0. The van der Waals surface area contributed by atoms with Crippen LogP contribution >= 0.6 is 22.6 Å². The molecular formula is C14H19IN2O3. The number of carbonyl (C=O) groups excluding carboxylic acids is 2. The number of carbonyl (C=O) groups is 2. The van der Waals surface area contributed by atoms with E-state index in [0.717, 1.165) is 9.26 Å². The monoisotopic (exact) mass is 390 g/mol. The fraction of sp³-hybridized carbons (Fsp3) is 0.429. The van der Waals surface area contributed by atoms with E-state index in [0.29, 0.717) is 0 Å². The van der Waals surface area contributed by atoms with Gasteiger partial charge in [0.05, 0.1) is 25.9 Å². The van der Waals surface area contributed by atoms with E-state index in [1.165, 1.54) is 7.11 Å². The van der Waals surface area contributed by atoms with Crippen molar-refractivity contribution in [3.63, 3.8) is 0 Å². The molecule has 0 heterocycles. The summed E-state index contributed by atoms with van der Waals surface area (Å²) < 4.78 is 5.61. The van der Waals surface area contributed by atoms with Gasteiger partial charge >= 0.3 is 5.97 Å². The van der Waals surface area contributed by atoms with Crippen LogP contribution in [-0.2, 0) is 14.3 Å². The molecule has 1 amide bonds. The van der Waals surface area contributed by atoms with E-state index in [4.69, 9.17) is 0 Å². The average molecular weight is 390 g/mol. The molecule has 0 spiro atoms. The number of halogens is 1. The number of esters is 1. The quantitative estimate of drug-likeness (QED) is 0.597. The van der Waals surface area contributed by atoms with E-state index in [1.807, 2.05) is 38.1 Å². The molecule has 0 atom stereocenters. The average Bonchev–Trinajstić information content (AvgIpc) is 2.40. The first kappa shape index (κ1) is 16.9. The van der Waals surface area contributed by atoms with Crippen molar-refractivity contribution in [3.8, 4) is 0 Å². The minimum atomic E-state index is -0.346. The van der Waals surface area contributed by atoms with Gasteiger partial charge in [-0.05, 0) is 48.6 Å². The zero-order valence-corrected chi connectivity index (χ0v) is 14.0. The molecule has 1 aromatic carbocycles. The topological polar surface area (TPSA) is 58.6 Å². The Bertz CT molecular complexity index is 477. The SMILES string of the molecule is COC(=O)CN(CC(=O)Nc1ccccc1I)C(C)C. The van der Waals surface area contributed by atoms with Crippen LogP contribution in [0.5, 0.6) is 0 Å². The van der Waals surface area contributed by atoms with Gasteiger partial charge < -0.3 is 10.1 Å². The lowest BCUT2D eigenvalue weighted by Crippen LogP contribution is -2.41. The highest BCUT2D eigenvalue weighted by Gasteiger charge is 2.18. The van der Waals surface area contributed by atoms with Crippen molar-refractivity contribution < 1.29 is 14.3 Å². The second-order valence-electron chi connectivity index (χ2n) is 4.60. The Kier molecular flexibility index (Phi) is 6.94. The van der Waals surface area contributed by atoms with Gasteiger partial charge in [0.1, 0.15) is 0 Å². The Morgan fingerprint density at radius 3 is 2.50 bits per heavy atom. The van der Waals surface area contributed by atoms with Gasteiger partial charge in [0.2, 0.25) is 5.91 Å². The molecule has 5 nitrogen and oxygen atoms in total. The van der Waals surface area contributed by atoms with Crippen molar-refractivity contribution in [3.05, 3.63) is 27.8 Å². The van der Waals surface area contributed by atoms with Gasteiger partial charge in [-0.25, -0.2) is 0 Å². The van der Waals surface area contributed by atoms with Crippen LogP contribution in [-0.4, -0.2) is 43.0 Å². The van der Waals surface area contributed by atoms with E-state index < -0.39 is 0 Å². The standard InChI is InChI=1S/C14H19IN2O3/c1-10(2)17(9-14(19)20-3)8-13(18)16-12-7-5-4-6-11(12)15/h4-7,10H,8-9H2,1-3H3,(H,16,18). The summed E-state index contributed by atoms with van der Waals surface area (Å²) in [7, 11) is 1.34. The molecule has 1 N–H and O–H groups in total. The number of methoxy groups -OCH3 is 1. The maximum Gasteiger partial charge on any atom is 0.319 e. The largest absolute Gasteiger partial charge is 0.468 e. The third-order valence-electron chi connectivity index (χ3n) is 2.78. The first-order valence-corrected chi connectivity index (χ1v) is 7.37. The molecule has 6 heteroatoms. The molecule has 1 aromatic rings. The number of anilines is 1. The van der Waals surface area contributed by atoms with Crippen molar-refractivity contribution in [2.24, 2.45) is 0 Å². The summed E-state index contributed by atoms with van der Waals surface area (Å²) >= 11 is 2.16. The molecule has 0 unspecified atom stereocenters. The lowest BCUT2D eigenvalue weighted by Gasteiger charge is -2.24. The molecule has 0 aliphatic rings. The predicted molar refractivity (Wildman–Crippen MR) is 86.5 cm³/mol. The first-order valence-electron chi connectivity index (χ1n) is 6.29. The van der Waals surface area contributed by atoms with Crippen LogP contribution < -0.4 is 5.32 Å². The second kappa shape index (κ2) is 8.21. The van der Waals surface area contributed by atoms with Crippen molar-refractivity contribution in [1.82, 2.24) is 4.90 Å². The molecular weight excluding hydrogens is 371 g/mol. The Morgan fingerprint density at radius 2 is 1.95 bits per heavy atom. The highest BCUT2D eigenvalue weighted by atomic mass is 127. The number of nitrogens with zero attached hydrogens (tertiary/aromatic N) is 1. The Balaban J connectivity index is 2.63. The van der Waals surface area contributed by atoms with Crippen molar-refractivity contribution in [2.45, 2.75) is 19.9 Å². The van der Waals surface area contributed by atoms with Crippen molar-refractivity contribution in [2.75, 3.05) is 25.5 Å². The third kappa shape index (κ3) is 5.46. The molecule has 110 valence electrons. The molecule has 0 saturated heterocycles. The van der Waals surface area contributed by atoms with E-state index in [-0.39, 0.29) is 31.0 Å². The van der Waals surface area contributed by atoms with Crippen LogP contribution in [0.3, 0.4) is 0 Å². The maximum absolute atomic E-state index is 12.0. The minimum absolute atomic E-state index is 0.0784. The van der Waals surface area contributed by atoms with Gasteiger partial charge in [0, 0.05) is 9.61 Å². The molecule has 0 saturated carbocycles. The van der Waals surface area contributed by atoms with Crippen LogP contribution in [0, 0.1) is 3.57 Å². The Morgan fingerprint density at radius 1 is 1.30 bits per heavy atom. The van der Waals surface area contributed by atoms with E-state index >= 15 is 0 Å². The highest BCUT2D eigenvalue weighted by Crippen LogP contribution is 2.16. The number of rotatable bonds is 6. The number of hydrogen-bond acceptors (Lipinski definition) is 4. The van der Waals surface area contributed by atoms with Crippen LogP contribution in [0.25, 0.3) is 0 Å². The summed E-state index contributed by atoms with van der Waals surface area (Å²) in [6.45, 7) is 4.12. The fourth-order valence-electron chi connectivity index (χ4n) is 1.59. The summed E-state index contributed by atoms with van der Waals surface area (Å²) in [5.74, 6) is -0.493. The summed E-state index contributed by atoms with van der Waals surface area (Å²) in [6, 6.07) is 7.63. The van der Waals surface area contributed by atoms with Crippen LogP contribution in [0.2, 0.25) is 0 Å². The summed E-state index contributed by atoms with van der Waals surface area (Å²) in [5.41, 5.74) is 0.778. The van der Waals surface area contributed by atoms with Gasteiger partial charge in [-0.3, -0.25) is 14.5 Å². The Labute approximate surface area is 132 Å².